The van der Waals surface area contributed by atoms with Crippen LogP contribution in [-0.2, 0) is 5.75 Å². The minimum absolute atomic E-state index is 0.429. The first-order chi connectivity index (χ1) is 9.53. The summed E-state index contributed by atoms with van der Waals surface area (Å²) in [6, 6.07) is 9.59. The molecule has 1 aromatic carbocycles. The van der Waals surface area contributed by atoms with Gasteiger partial charge in [0.05, 0.1) is 0 Å². The van der Waals surface area contributed by atoms with Crippen LogP contribution in [0.1, 0.15) is 51.2 Å². The summed E-state index contributed by atoms with van der Waals surface area (Å²) in [7, 11) is 0. The number of rotatable bonds is 5. The highest BCUT2D eigenvalue weighted by Crippen LogP contribution is 2.41. The molecule has 0 heterocycles. The molecular formula is C18H29NS. The lowest BCUT2D eigenvalue weighted by Crippen LogP contribution is -2.51. The van der Waals surface area contributed by atoms with Gasteiger partial charge in [0.25, 0.3) is 0 Å². The Kier molecular flexibility index (Phi) is 5.57. The average molecular weight is 292 g/mol. The highest BCUT2D eigenvalue weighted by atomic mass is 32.2. The fourth-order valence-corrected chi connectivity index (χ4v) is 4.97. The van der Waals surface area contributed by atoms with Crippen molar-refractivity contribution in [3.05, 3.63) is 35.4 Å². The standard InChI is InChI=1S/C18H29NS/c1-5-19-17-16(10-7-11-18(17,3)4)20-13-15-9-6-8-14(2)12-15/h6,8-9,12,16-17,19H,5,7,10-11,13H2,1-4H3. The average Bonchev–Trinajstić information content (AvgIpc) is 2.39. The quantitative estimate of drug-likeness (QED) is 0.837. The number of aryl methyl sites for hydroxylation is 1. The molecular weight excluding hydrogens is 262 g/mol. The third-order valence-electron chi connectivity index (χ3n) is 4.49. The van der Waals surface area contributed by atoms with Gasteiger partial charge in [0.1, 0.15) is 0 Å². The van der Waals surface area contributed by atoms with E-state index in [0.717, 1.165) is 17.5 Å². The highest BCUT2D eigenvalue weighted by molar-refractivity contribution is 7.99. The molecule has 2 atom stereocenters. The smallest absolute Gasteiger partial charge is 0.0237 e. The van der Waals surface area contributed by atoms with Gasteiger partial charge < -0.3 is 5.32 Å². The van der Waals surface area contributed by atoms with Gasteiger partial charge in [-0.3, -0.25) is 0 Å². The third-order valence-corrected chi connectivity index (χ3v) is 5.93. The lowest BCUT2D eigenvalue weighted by molar-refractivity contribution is 0.176. The molecule has 0 bridgehead atoms. The monoisotopic (exact) mass is 291 g/mol. The summed E-state index contributed by atoms with van der Waals surface area (Å²) in [6.45, 7) is 10.3. The number of hydrogen-bond acceptors (Lipinski definition) is 2. The van der Waals surface area contributed by atoms with E-state index < -0.39 is 0 Å². The second-order valence-electron chi connectivity index (χ2n) is 6.75. The summed E-state index contributed by atoms with van der Waals surface area (Å²) in [5, 5.41) is 4.50. The van der Waals surface area contributed by atoms with Crippen molar-refractivity contribution >= 4 is 11.8 Å². The zero-order valence-corrected chi connectivity index (χ0v) is 14.2. The Bertz CT molecular complexity index is 427. The van der Waals surface area contributed by atoms with E-state index in [1.165, 1.54) is 30.4 Å². The van der Waals surface area contributed by atoms with E-state index >= 15 is 0 Å². The van der Waals surface area contributed by atoms with Crippen molar-refractivity contribution in [3.8, 4) is 0 Å². The molecule has 1 N–H and O–H groups in total. The molecule has 0 spiro atoms. The third kappa shape index (κ3) is 4.02. The first-order valence-corrected chi connectivity index (χ1v) is 8.98. The number of benzene rings is 1. The maximum absolute atomic E-state index is 3.75. The molecule has 20 heavy (non-hydrogen) atoms. The van der Waals surface area contributed by atoms with Crippen molar-refractivity contribution in [2.45, 2.75) is 64.0 Å². The van der Waals surface area contributed by atoms with E-state index in [2.05, 4.69) is 69.0 Å². The SMILES string of the molecule is CCNC1C(SCc2cccc(C)c2)CCCC1(C)C. The molecule has 112 valence electrons. The van der Waals surface area contributed by atoms with Gasteiger partial charge in [0.2, 0.25) is 0 Å². The molecule has 1 saturated carbocycles. The van der Waals surface area contributed by atoms with Gasteiger partial charge in [0.15, 0.2) is 0 Å². The van der Waals surface area contributed by atoms with Crippen LogP contribution >= 0.6 is 11.8 Å². The van der Waals surface area contributed by atoms with E-state index in [4.69, 9.17) is 0 Å². The molecule has 2 unspecified atom stereocenters. The van der Waals surface area contributed by atoms with Crippen LogP contribution in [0.5, 0.6) is 0 Å². The van der Waals surface area contributed by atoms with Crippen LogP contribution < -0.4 is 5.32 Å². The largest absolute Gasteiger partial charge is 0.313 e. The zero-order valence-electron chi connectivity index (χ0n) is 13.4. The molecule has 0 radical (unpaired) electrons. The van der Waals surface area contributed by atoms with Crippen LogP contribution in [0.4, 0.5) is 0 Å². The predicted octanol–water partition coefficient (Wildman–Crippen LogP) is 4.79. The van der Waals surface area contributed by atoms with Gasteiger partial charge in [-0.2, -0.15) is 11.8 Å². The van der Waals surface area contributed by atoms with Gasteiger partial charge in [-0.1, -0.05) is 57.0 Å². The van der Waals surface area contributed by atoms with Crippen LogP contribution in [0.15, 0.2) is 24.3 Å². The minimum Gasteiger partial charge on any atom is -0.313 e. The van der Waals surface area contributed by atoms with Crippen LogP contribution in [-0.4, -0.2) is 17.8 Å². The van der Waals surface area contributed by atoms with Crippen LogP contribution in [0.2, 0.25) is 0 Å². The summed E-state index contributed by atoms with van der Waals surface area (Å²) in [6.07, 6.45) is 4.09. The second-order valence-corrected chi connectivity index (χ2v) is 7.98. The number of thioether (sulfide) groups is 1. The molecule has 2 heteroatoms. The maximum Gasteiger partial charge on any atom is 0.0237 e. The first kappa shape index (κ1) is 15.9. The lowest BCUT2D eigenvalue weighted by atomic mass is 9.73. The minimum atomic E-state index is 0.429. The van der Waals surface area contributed by atoms with Crippen molar-refractivity contribution in [2.75, 3.05) is 6.54 Å². The Hall–Kier alpha value is -0.470. The Balaban J connectivity index is 1.99. The van der Waals surface area contributed by atoms with Crippen molar-refractivity contribution in [1.29, 1.82) is 0 Å². The summed E-state index contributed by atoms with van der Waals surface area (Å²) >= 11 is 2.15. The predicted molar refractivity (Wildman–Crippen MR) is 91.4 cm³/mol. The lowest BCUT2D eigenvalue weighted by Gasteiger charge is -2.44. The Labute approximate surface area is 128 Å². The zero-order chi connectivity index (χ0) is 14.6. The maximum atomic E-state index is 3.75. The number of hydrogen-bond donors (Lipinski definition) is 1. The Morgan fingerprint density at radius 1 is 1.35 bits per heavy atom. The molecule has 1 fully saturated rings. The van der Waals surface area contributed by atoms with E-state index in [9.17, 15) is 0 Å². The van der Waals surface area contributed by atoms with Crippen molar-refractivity contribution in [1.82, 2.24) is 5.32 Å². The molecule has 2 rings (SSSR count). The molecule has 1 aromatic rings. The molecule has 0 aromatic heterocycles. The van der Waals surface area contributed by atoms with E-state index in [1.807, 2.05) is 0 Å². The fraction of sp³-hybridized carbons (Fsp3) is 0.667. The van der Waals surface area contributed by atoms with Gasteiger partial charge >= 0.3 is 0 Å². The van der Waals surface area contributed by atoms with Crippen molar-refractivity contribution in [2.24, 2.45) is 5.41 Å². The molecule has 1 nitrogen and oxygen atoms in total. The molecule has 0 amide bonds. The Morgan fingerprint density at radius 2 is 2.15 bits per heavy atom. The summed E-state index contributed by atoms with van der Waals surface area (Å²) < 4.78 is 0. The van der Waals surface area contributed by atoms with Crippen molar-refractivity contribution in [3.63, 3.8) is 0 Å². The molecule has 1 aliphatic rings. The van der Waals surface area contributed by atoms with Gasteiger partial charge in [-0.05, 0) is 37.3 Å². The molecule has 0 saturated heterocycles. The second kappa shape index (κ2) is 7.00. The van der Waals surface area contributed by atoms with E-state index in [1.54, 1.807) is 0 Å². The fourth-order valence-electron chi connectivity index (χ4n) is 3.40. The number of nitrogens with one attached hydrogen (secondary N) is 1. The summed E-state index contributed by atoms with van der Waals surface area (Å²) in [4.78, 5) is 0. The normalized spacial score (nSPS) is 25.6. The van der Waals surface area contributed by atoms with Gasteiger partial charge in [-0.15, -0.1) is 0 Å². The molecule has 0 aliphatic heterocycles. The topological polar surface area (TPSA) is 12.0 Å². The first-order valence-electron chi connectivity index (χ1n) is 7.93. The Morgan fingerprint density at radius 3 is 2.85 bits per heavy atom. The van der Waals surface area contributed by atoms with Gasteiger partial charge in [-0.25, -0.2) is 0 Å². The van der Waals surface area contributed by atoms with Crippen LogP contribution in [0.3, 0.4) is 0 Å². The van der Waals surface area contributed by atoms with E-state index in [0.29, 0.717) is 11.5 Å². The van der Waals surface area contributed by atoms with Crippen LogP contribution in [0.25, 0.3) is 0 Å². The van der Waals surface area contributed by atoms with Gasteiger partial charge in [0, 0.05) is 17.0 Å². The van der Waals surface area contributed by atoms with Crippen LogP contribution in [0, 0.1) is 12.3 Å². The van der Waals surface area contributed by atoms with Crippen molar-refractivity contribution < 1.29 is 0 Å². The van der Waals surface area contributed by atoms with E-state index in [-0.39, 0.29) is 0 Å². The summed E-state index contributed by atoms with van der Waals surface area (Å²) in [5.41, 5.74) is 3.27. The summed E-state index contributed by atoms with van der Waals surface area (Å²) in [5.74, 6) is 1.14. The molecule has 1 aliphatic carbocycles. The highest BCUT2D eigenvalue weighted by Gasteiger charge is 2.38.